The van der Waals surface area contributed by atoms with E-state index in [1.54, 1.807) is 18.2 Å². The van der Waals surface area contributed by atoms with Gasteiger partial charge in [-0.3, -0.25) is 20.3 Å². The van der Waals surface area contributed by atoms with Gasteiger partial charge in [0.1, 0.15) is 0 Å². The maximum Gasteiger partial charge on any atom is 0.276 e. The first-order valence-electron chi connectivity index (χ1n) is 4.65. The normalized spacial score (nSPS) is 17.5. The lowest BCUT2D eigenvalue weighted by Crippen LogP contribution is -2.25. The zero-order valence-corrected chi connectivity index (χ0v) is 8.27. The van der Waals surface area contributed by atoms with Gasteiger partial charge in [0, 0.05) is 18.2 Å². The highest BCUT2D eigenvalue weighted by atomic mass is 16.6. The van der Waals surface area contributed by atoms with Gasteiger partial charge in [0.05, 0.1) is 10.5 Å². The highest BCUT2D eigenvalue weighted by molar-refractivity contribution is 6.00. The predicted octanol–water partition coefficient (Wildman–Crippen LogP) is 0.613. The van der Waals surface area contributed by atoms with Crippen LogP contribution in [0.25, 0.3) is 6.08 Å². The number of hydrogen-bond acceptors (Lipinski definition) is 4. The van der Waals surface area contributed by atoms with Crippen LogP contribution in [0.1, 0.15) is 5.56 Å². The number of hydrazine groups is 1. The number of nitrogens with one attached hydrogen (secondary N) is 2. The van der Waals surface area contributed by atoms with Crippen LogP contribution in [-0.2, 0) is 4.79 Å². The fourth-order valence-electron chi connectivity index (χ4n) is 1.46. The molecule has 0 bridgehead atoms. The number of carbonyl (C=O) groups excluding carboxylic acids is 1. The summed E-state index contributed by atoms with van der Waals surface area (Å²) in [7, 11) is 0. The molecule has 0 radical (unpaired) electrons. The van der Waals surface area contributed by atoms with E-state index in [0.717, 1.165) is 0 Å². The van der Waals surface area contributed by atoms with Crippen molar-refractivity contribution in [2.45, 2.75) is 0 Å². The molecule has 6 heteroatoms. The van der Waals surface area contributed by atoms with Gasteiger partial charge in [-0.25, -0.2) is 5.43 Å². The van der Waals surface area contributed by atoms with Crippen LogP contribution in [-0.4, -0.2) is 17.4 Å². The third kappa shape index (κ3) is 1.91. The maximum absolute atomic E-state index is 11.2. The summed E-state index contributed by atoms with van der Waals surface area (Å²) in [6.45, 7) is 0.366. The number of nitro groups is 1. The van der Waals surface area contributed by atoms with Crippen LogP contribution in [0.3, 0.4) is 0 Å². The quantitative estimate of drug-likeness (QED) is 0.433. The summed E-state index contributed by atoms with van der Waals surface area (Å²) in [6, 6.07) is 6.30. The number of amides is 1. The standard InChI is InChI=1S/C10H9N3O3/c14-10-8(6-11-12-10)5-7-3-1-2-4-9(7)13(15)16/h1-5,11H,6H2,(H,12,14)/b8-5+. The van der Waals surface area contributed by atoms with Crippen molar-refractivity contribution in [3.8, 4) is 0 Å². The first-order chi connectivity index (χ1) is 7.68. The summed E-state index contributed by atoms with van der Waals surface area (Å²) < 4.78 is 0. The van der Waals surface area contributed by atoms with Crippen molar-refractivity contribution in [1.82, 2.24) is 10.9 Å². The van der Waals surface area contributed by atoms with Gasteiger partial charge in [-0.1, -0.05) is 12.1 Å². The topological polar surface area (TPSA) is 84.3 Å². The number of benzene rings is 1. The molecule has 1 saturated heterocycles. The molecule has 1 fully saturated rings. The molecular formula is C10H9N3O3. The number of para-hydroxylation sites is 1. The average molecular weight is 219 g/mol. The molecule has 6 nitrogen and oxygen atoms in total. The highest BCUT2D eigenvalue weighted by Gasteiger charge is 2.18. The molecule has 1 heterocycles. The molecule has 1 aromatic carbocycles. The van der Waals surface area contributed by atoms with Crippen LogP contribution in [0, 0.1) is 10.1 Å². The van der Waals surface area contributed by atoms with Crippen LogP contribution in [0.5, 0.6) is 0 Å². The smallest absolute Gasteiger partial charge is 0.276 e. The van der Waals surface area contributed by atoms with Gasteiger partial charge in [-0.2, -0.15) is 0 Å². The van der Waals surface area contributed by atoms with E-state index in [9.17, 15) is 14.9 Å². The van der Waals surface area contributed by atoms with Crippen LogP contribution < -0.4 is 10.9 Å². The number of rotatable bonds is 2. The number of nitro benzene ring substituents is 1. The molecular weight excluding hydrogens is 210 g/mol. The minimum atomic E-state index is -0.466. The van der Waals surface area contributed by atoms with Crippen molar-refractivity contribution in [2.75, 3.05) is 6.54 Å². The molecule has 0 atom stereocenters. The molecule has 1 aliphatic rings. The zero-order valence-electron chi connectivity index (χ0n) is 8.27. The lowest BCUT2D eigenvalue weighted by molar-refractivity contribution is -0.385. The van der Waals surface area contributed by atoms with Crippen molar-refractivity contribution >= 4 is 17.7 Å². The van der Waals surface area contributed by atoms with Crippen molar-refractivity contribution in [2.24, 2.45) is 0 Å². The van der Waals surface area contributed by atoms with E-state index in [4.69, 9.17) is 0 Å². The lowest BCUT2D eigenvalue weighted by atomic mass is 10.1. The summed E-state index contributed by atoms with van der Waals surface area (Å²) in [6.07, 6.45) is 1.52. The van der Waals surface area contributed by atoms with Crippen LogP contribution in [0.15, 0.2) is 29.8 Å². The Kier molecular flexibility index (Phi) is 2.65. The van der Waals surface area contributed by atoms with Gasteiger partial charge < -0.3 is 0 Å². The summed E-state index contributed by atoms with van der Waals surface area (Å²) in [5, 5.41) is 10.7. The Morgan fingerprint density at radius 1 is 1.38 bits per heavy atom. The van der Waals surface area contributed by atoms with E-state index in [1.807, 2.05) is 0 Å². The summed E-state index contributed by atoms with van der Waals surface area (Å²) in [4.78, 5) is 21.5. The fraction of sp³-hybridized carbons (Fsp3) is 0.100. The predicted molar refractivity (Wildman–Crippen MR) is 57.2 cm³/mol. The lowest BCUT2D eigenvalue weighted by Gasteiger charge is -1.97. The van der Waals surface area contributed by atoms with Gasteiger partial charge in [-0.15, -0.1) is 0 Å². The molecule has 82 valence electrons. The molecule has 0 unspecified atom stereocenters. The van der Waals surface area contributed by atoms with Crippen molar-refractivity contribution < 1.29 is 9.72 Å². The minimum absolute atomic E-state index is 0.00491. The molecule has 1 amide bonds. The van der Waals surface area contributed by atoms with E-state index in [1.165, 1.54) is 12.1 Å². The molecule has 0 aliphatic carbocycles. The van der Waals surface area contributed by atoms with Gasteiger partial charge in [0.2, 0.25) is 0 Å². The van der Waals surface area contributed by atoms with E-state index in [0.29, 0.717) is 17.7 Å². The number of carbonyl (C=O) groups is 1. The number of nitrogens with zero attached hydrogens (tertiary/aromatic N) is 1. The molecule has 1 aliphatic heterocycles. The van der Waals surface area contributed by atoms with Crippen molar-refractivity contribution in [3.63, 3.8) is 0 Å². The van der Waals surface area contributed by atoms with Crippen LogP contribution in [0.4, 0.5) is 5.69 Å². The third-order valence-electron chi connectivity index (χ3n) is 2.24. The van der Waals surface area contributed by atoms with E-state index in [2.05, 4.69) is 10.9 Å². The highest BCUT2D eigenvalue weighted by Crippen LogP contribution is 2.20. The summed E-state index contributed by atoms with van der Waals surface area (Å²) in [5.41, 5.74) is 5.97. The zero-order chi connectivity index (χ0) is 11.5. The molecule has 16 heavy (non-hydrogen) atoms. The number of hydrogen-bond donors (Lipinski definition) is 2. The van der Waals surface area contributed by atoms with Crippen LogP contribution in [0.2, 0.25) is 0 Å². The van der Waals surface area contributed by atoms with E-state index < -0.39 is 4.92 Å². The summed E-state index contributed by atoms with van der Waals surface area (Å²) >= 11 is 0. The average Bonchev–Trinajstić information content (AvgIpc) is 2.65. The Morgan fingerprint density at radius 2 is 2.12 bits per heavy atom. The SMILES string of the molecule is O=C1NNC/C1=C\c1ccccc1[N+](=O)[O-]. The second-order valence-electron chi connectivity index (χ2n) is 3.29. The van der Waals surface area contributed by atoms with E-state index >= 15 is 0 Å². The molecule has 0 spiro atoms. The Hall–Kier alpha value is -2.21. The Labute approximate surface area is 91.1 Å². The van der Waals surface area contributed by atoms with Crippen molar-refractivity contribution in [3.05, 3.63) is 45.5 Å². The van der Waals surface area contributed by atoms with Crippen molar-refractivity contribution in [1.29, 1.82) is 0 Å². The van der Waals surface area contributed by atoms with Gasteiger partial charge >= 0.3 is 0 Å². The second-order valence-corrected chi connectivity index (χ2v) is 3.29. The Balaban J connectivity index is 2.41. The first kappa shape index (κ1) is 10.3. The first-order valence-corrected chi connectivity index (χ1v) is 4.65. The largest absolute Gasteiger partial charge is 0.287 e. The maximum atomic E-state index is 11.2. The molecule has 2 N–H and O–H groups in total. The fourth-order valence-corrected chi connectivity index (χ4v) is 1.46. The van der Waals surface area contributed by atoms with Gasteiger partial charge in [0.25, 0.3) is 11.6 Å². The van der Waals surface area contributed by atoms with E-state index in [-0.39, 0.29) is 11.6 Å². The minimum Gasteiger partial charge on any atom is -0.287 e. The molecule has 1 aromatic rings. The molecule has 0 aromatic heterocycles. The van der Waals surface area contributed by atoms with Gasteiger partial charge in [0.15, 0.2) is 0 Å². The van der Waals surface area contributed by atoms with Crippen LogP contribution >= 0.6 is 0 Å². The molecule has 0 saturated carbocycles. The second kappa shape index (κ2) is 4.11. The Bertz CT molecular complexity index is 482. The third-order valence-corrected chi connectivity index (χ3v) is 2.24. The Morgan fingerprint density at radius 3 is 2.75 bits per heavy atom. The summed E-state index contributed by atoms with van der Waals surface area (Å²) in [5.74, 6) is -0.252. The monoisotopic (exact) mass is 219 g/mol. The molecule has 2 rings (SSSR count). The van der Waals surface area contributed by atoms with Gasteiger partial charge in [-0.05, 0) is 12.1 Å².